The molecule has 3 aromatic rings. The molecule has 0 atom stereocenters. The van der Waals surface area contributed by atoms with Crippen molar-refractivity contribution < 1.29 is 35.9 Å². The molecule has 0 aliphatic heterocycles. The smallest absolute Gasteiger partial charge is 0.406 e. The Balaban J connectivity index is 1.86. The second kappa shape index (κ2) is 8.27. The Morgan fingerprint density at radius 2 is 1.65 bits per heavy atom. The van der Waals surface area contributed by atoms with Gasteiger partial charge in [0.05, 0.1) is 22.5 Å². The average Bonchev–Trinajstić information content (AvgIpc) is 3.07. The van der Waals surface area contributed by atoms with Gasteiger partial charge in [-0.1, -0.05) is 23.2 Å². The number of anilines is 1. The van der Waals surface area contributed by atoms with Crippen LogP contribution in [0.25, 0.3) is 5.69 Å². The van der Waals surface area contributed by atoms with Crippen LogP contribution < -0.4 is 10.1 Å². The summed E-state index contributed by atoms with van der Waals surface area (Å²) in [5.74, 6) is -1.50. The summed E-state index contributed by atoms with van der Waals surface area (Å²) in [6.07, 6.45) is -10.1. The van der Waals surface area contributed by atoms with Crippen LogP contribution in [0.3, 0.4) is 0 Å². The molecule has 164 valence electrons. The minimum Gasteiger partial charge on any atom is -0.406 e. The van der Waals surface area contributed by atoms with Crippen LogP contribution >= 0.6 is 23.2 Å². The number of alkyl halides is 6. The van der Waals surface area contributed by atoms with Crippen molar-refractivity contribution in [1.29, 1.82) is 0 Å². The Bertz CT molecular complexity index is 1110. The van der Waals surface area contributed by atoms with Crippen molar-refractivity contribution in [3.8, 4) is 11.4 Å². The minimum absolute atomic E-state index is 0.0144. The highest BCUT2D eigenvalue weighted by Gasteiger charge is 2.40. The van der Waals surface area contributed by atoms with Crippen molar-refractivity contribution in [2.45, 2.75) is 12.4 Å². The van der Waals surface area contributed by atoms with Gasteiger partial charge in [0.15, 0.2) is 17.3 Å². The lowest BCUT2D eigenvalue weighted by Gasteiger charge is -2.13. The van der Waals surface area contributed by atoms with Gasteiger partial charge >= 0.3 is 18.4 Å². The number of benzene rings is 1. The highest BCUT2D eigenvalue weighted by atomic mass is 35.5. The van der Waals surface area contributed by atoms with Crippen molar-refractivity contribution in [2.24, 2.45) is 0 Å². The normalized spacial score (nSPS) is 12.0. The first-order valence-electron chi connectivity index (χ1n) is 7.99. The van der Waals surface area contributed by atoms with Crippen LogP contribution in [0, 0.1) is 0 Å². The summed E-state index contributed by atoms with van der Waals surface area (Å²) in [4.78, 5) is 15.3. The number of ether oxygens (including phenoxy) is 1. The van der Waals surface area contributed by atoms with Crippen molar-refractivity contribution in [3.63, 3.8) is 0 Å². The summed E-state index contributed by atoms with van der Waals surface area (Å²) in [6.45, 7) is 0. The Morgan fingerprint density at radius 1 is 1.00 bits per heavy atom. The minimum atomic E-state index is -4.98. The van der Waals surface area contributed by atoms with Gasteiger partial charge in [-0.15, -0.1) is 0 Å². The molecule has 0 saturated carbocycles. The lowest BCUT2D eigenvalue weighted by Crippen LogP contribution is -2.21. The average molecular weight is 485 g/mol. The quantitative estimate of drug-likeness (QED) is 0.448. The molecule has 2 aromatic heterocycles. The molecule has 0 saturated heterocycles. The van der Waals surface area contributed by atoms with E-state index in [4.69, 9.17) is 23.2 Å². The Hall–Kier alpha value is -2.99. The molecule has 0 spiro atoms. The second-order valence-corrected chi connectivity index (χ2v) is 6.65. The monoisotopic (exact) mass is 484 g/mol. The number of carbonyl (C=O) groups excluding carboxylic acids is 1. The molecule has 31 heavy (non-hydrogen) atoms. The van der Waals surface area contributed by atoms with E-state index >= 15 is 0 Å². The van der Waals surface area contributed by atoms with Gasteiger partial charge < -0.3 is 4.74 Å². The highest BCUT2D eigenvalue weighted by molar-refractivity contribution is 6.33. The summed E-state index contributed by atoms with van der Waals surface area (Å²) >= 11 is 11.4. The highest BCUT2D eigenvalue weighted by Crippen LogP contribution is 2.38. The number of carbonyl (C=O) groups is 1. The fourth-order valence-electron chi connectivity index (χ4n) is 2.35. The lowest BCUT2D eigenvalue weighted by molar-refractivity contribution is -0.143. The maximum atomic E-state index is 13.6. The molecule has 0 fully saturated rings. The van der Waals surface area contributed by atoms with E-state index in [9.17, 15) is 31.1 Å². The molecule has 6 nitrogen and oxygen atoms in total. The number of hydrogen-bond donors (Lipinski definition) is 1. The fraction of sp³-hybridized carbons (Fsp3) is 0.118. The molecular weight excluding hydrogens is 477 g/mol. The molecule has 1 aromatic carbocycles. The van der Waals surface area contributed by atoms with E-state index in [1.54, 1.807) is 0 Å². The van der Waals surface area contributed by atoms with Crippen LogP contribution in [0.5, 0.6) is 5.75 Å². The van der Waals surface area contributed by atoms with Crippen LogP contribution in [0.15, 0.2) is 42.7 Å². The molecule has 0 aliphatic rings. The van der Waals surface area contributed by atoms with Crippen LogP contribution in [0.1, 0.15) is 11.3 Å². The summed E-state index contributed by atoms with van der Waals surface area (Å²) in [6, 6.07) is 5.69. The largest absolute Gasteiger partial charge is 0.437 e. The van der Waals surface area contributed by atoms with E-state index in [0.29, 0.717) is 23.1 Å². The van der Waals surface area contributed by atoms with E-state index in [1.807, 2.05) is 5.32 Å². The molecule has 0 bridgehead atoms. The van der Waals surface area contributed by atoms with Crippen LogP contribution in [-0.2, 0) is 12.4 Å². The molecule has 1 amide bonds. The van der Waals surface area contributed by atoms with Crippen LogP contribution in [0.4, 0.5) is 37.0 Å². The van der Waals surface area contributed by atoms with Gasteiger partial charge in [0.1, 0.15) is 0 Å². The molecule has 3 rings (SSSR count). The van der Waals surface area contributed by atoms with Gasteiger partial charge in [-0.2, -0.15) is 31.4 Å². The van der Waals surface area contributed by atoms with E-state index in [-0.39, 0.29) is 10.7 Å². The Morgan fingerprint density at radius 3 is 2.19 bits per heavy atom. The Labute approximate surface area is 179 Å². The van der Waals surface area contributed by atoms with Crippen molar-refractivity contribution in [1.82, 2.24) is 14.8 Å². The summed E-state index contributed by atoms with van der Waals surface area (Å²) in [5.41, 5.74) is -2.60. The van der Waals surface area contributed by atoms with Gasteiger partial charge in [-0.05, 0) is 30.3 Å². The van der Waals surface area contributed by atoms with E-state index in [0.717, 1.165) is 0 Å². The van der Waals surface area contributed by atoms with Crippen molar-refractivity contribution in [3.05, 3.63) is 64.0 Å². The number of hydrogen-bond acceptors (Lipinski definition) is 4. The first kappa shape index (κ1) is 22.7. The zero-order chi connectivity index (χ0) is 23.0. The number of rotatable bonds is 3. The van der Waals surface area contributed by atoms with Crippen molar-refractivity contribution in [2.75, 3.05) is 5.32 Å². The summed E-state index contributed by atoms with van der Waals surface area (Å²) in [7, 11) is 0. The third kappa shape index (κ3) is 5.20. The lowest BCUT2D eigenvalue weighted by atomic mass is 10.3. The molecule has 0 aliphatic carbocycles. The summed E-state index contributed by atoms with van der Waals surface area (Å²) in [5, 5.41) is 5.14. The molecule has 14 heteroatoms. The maximum absolute atomic E-state index is 13.6. The number of nitrogens with zero attached hydrogens (tertiary/aromatic N) is 3. The van der Waals surface area contributed by atoms with Crippen LogP contribution in [-0.4, -0.2) is 20.9 Å². The molecule has 1 N–H and O–H groups in total. The molecule has 0 unspecified atom stereocenters. The topological polar surface area (TPSA) is 69.0 Å². The SMILES string of the molecule is O=C(Nc1ncc(C(F)(F)F)cc1Cl)Oc1cnn(-c2ccc(Cl)cc2)c1C(F)(F)F. The predicted molar refractivity (Wildman–Crippen MR) is 97.5 cm³/mol. The number of pyridine rings is 1. The van der Waals surface area contributed by atoms with E-state index < -0.39 is 46.3 Å². The van der Waals surface area contributed by atoms with Gasteiger partial charge in [0.2, 0.25) is 0 Å². The van der Waals surface area contributed by atoms with E-state index in [2.05, 4.69) is 14.8 Å². The van der Waals surface area contributed by atoms with Gasteiger partial charge in [0, 0.05) is 11.2 Å². The van der Waals surface area contributed by atoms with E-state index in [1.165, 1.54) is 24.3 Å². The summed E-state index contributed by atoms with van der Waals surface area (Å²) < 4.78 is 83.7. The van der Waals surface area contributed by atoms with Gasteiger partial charge in [-0.25, -0.2) is 14.5 Å². The zero-order valence-corrected chi connectivity index (χ0v) is 16.2. The van der Waals surface area contributed by atoms with Gasteiger partial charge in [-0.3, -0.25) is 5.32 Å². The maximum Gasteiger partial charge on any atom is 0.437 e. The second-order valence-electron chi connectivity index (χ2n) is 5.81. The first-order valence-corrected chi connectivity index (χ1v) is 8.74. The van der Waals surface area contributed by atoms with Crippen LogP contribution in [0.2, 0.25) is 10.0 Å². The number of halogens is 8. The predicted octanol–water partition coefficient (Wildman–Crippen LogP) is 6.22. The number of amides is 1. The van der Waals surface area contributed by atoms with Crippen molar-refractivity contribution >= 4 is 35.1 Å². The molecular formula is C17H8Cl2F6N4O2. The Kier molecular flexibility index (Phi) is 6.05. The third-order valence-corrected chi connectivity index (χ3v) is 4.21. The van der Waals surface area contributed by atoms with Gasteiger partial charge in [0.25, 0.3) is 0 Å². The fourth-order valence-corrected chi connectivity index (χ4v) is 2.69. The zero-order valence-electron chi connectivity index (χ0n) is 14.7. The third-order valence-electron chi connectivity index (χ3n) is 3.67. The number of nitrogens with one attached hydrogen (secondary N) is 1. The standard InChI is InChI=1S/C17H8Cl2F6N4O2/c18-9-1-3-10(4-2-9)29-13(17(23,24)25)12(7-27-29)31-15(30)28-14-11(19)5-8(6-26-14)16(20,21)22/h1-7H,(H,26,28,30). The molecule has 2 heterocycles. The number of aromatic nitrogens is 3. The first-order chi connectivity index (χ1) is 14.4. The molecule has 0 radical (unpaired) electrons.